The Balaban J connectivity index is 3.01. The van der Waals surface area contributed by atoms with Gasteiger partial charge < -0.3 is 8.98 Å². The van der Waals surface area contributed by atoms with Gasteiger partial charge in [0.25, 0.3) is 0 Å². The molecule has 0 aromatic carbocycles. The Bertz CT molecular complexity index is 660. The summed E-state index contributed by atoms with van der Waals surface area (Å²) in [6.45, 7) is 16.5. The molecule has 0 radical (unpaired) electrons. The van der Waals surface area contributed by atoms with Crippen LogP contribution in [0.25, 0.3) is 0 Å². The molecule has 0 bridgehead atoms. The number of pyridine rings is 1. The monoisotopic (exact) mass is 478 g/mol. The Morgan fingerprint density at radius 1 is 1.30 bits per heavy atom. The molecule has 1 heterocycles. The Morgan fingerprint density at radius 2 is 1.89 bits per heavy atom. The van der Waals surface area contributed by atoms with Crippen molar-refractivity contribution in [3.63, 3.8) is 0 Å². The van der Waals surface area contributed by atoms with Crippen LogP contribution < -0.4 is 0 Å². The summed E-state index contributed by atoms with van der Waals surface area (Å²) in [6.07, 6.45) is -1.25. The number of alkyl halides is 1. The summed E-state index contributed by atoms with van der Waals surface area (Å²) in [4.78, 5) is 4.31. The van der Waals surface area contributed by atoms with Gasteiger partial charge in [-0.2, -0.15) is 0 Å². The van der Waals surface area contributed by atoms with E-state index in [9.17, 15) is 4.55 Å². The van der Waals surface area contributed by atoms with E-state index in [0.717, 1.165) is 0 Å². The first-order chi connectivity index (χ1) is 12.1. The van der Waals surface area contributed by atoms with Crippen LogP contribution in [0, 0.1) is 0 Å². The van der Waals surface area contributed by atoms with Crippen molar-refractivity contribution >= 4 is 41.3 Å². The molecule has 27 heavy (non-hydrogen) atoms. The number of hydrogen-bond donors (Lipinski definition) is 0. The highest BCUT2D eigenvalue weighted by Gasteiger charge is 2.37. The molecule has 0 spiro atoms. The minimum absolute atomic E-state index is 0.0648. The van der Waals surface area contributed by atoms with E-state index in [1.165, 1.54) is 0 Å². The first-order valence-corrected chi connectivity index (χ1v) is 13.9. The molecule has 0 saturated heterocycles. The SMILES string of the molecule is CC(C)(C)[S+]([O-])N=C(c1cccc(Br)n1)C(F)CCO[Si](C)(C)C(C)(C)C. The van der Waals surface area contributed by atoms with Crippen molar-refractivity contribution in [2.75, 3.05) is 6.61 Å². The Hall–Kier alpha value is -0.283. The fourth-order valence-corrected chi connectivity index (χ4v) is 3.88. The maximum Gasteiger partial charge on any atom is 0.191 e. The van der Waals surface area contributed by atoms with Crippen LogP contribution >= 0.6 is 15.9 Å². The van der Waals surface area contributed by atoms with Crippen LogP contribution in [0.15, 0.2) is 27.2 Å². The van der Waals surface area contributed by atoms with Gasteiger partial charge >= 0.3 is 0 Å². The highest BCUT2D eigenvalue weighted by Crippen LogP contribution is 2.36. The molecule has 0 N–H and O–H groups in total. The molecule has 0 aliphatic carbocycles. The summed E-state index contributed by atoms with van der Waals surface area (Å²) in [7, 11) is -1.95. The normalized spacial score (nSPS) is 16.3. The van der Waals surface area contributed by atoms with E-state index < -0.39 is 30.6 Å². The Kier molecular flexibility index (Phi) is 8.69. The van der Waals surface area contributed by atoms with E-state index in [-0.39, 0.29) is 17.2 Å². The summed E-state index contributed by atoms with van der Waals surface area (Å²) in [6, 6.07) is 5.21. The number of hydrogen-bond acceptors (Lipinski definition) is 4. The number of rotatable bonds is 7. The van der Waals surface area contributed by atoms with Crippen LogP contribution in [0.4, 0.5) is 4.39 Å². The van der Waals surface area contributed by atoms with E-state index in [0.29, 0.717) is 16.9 Å². The van der Waals surface area contributed by atoms with Gasteiger partial charge in [-0.25, -0.2) is 9.37 Å². The lowest BCUT2D eigenvalue weighted by atomic mass is 10.1. The van der Waals surface area contributed by atoms with E-state index >= 15 is 4.39 Å². The van der Waals surface area contributed by atoms with Crippen LogP contribution in [0.2, 0.25) is 18.1 Å². The molecule has 154 valence electrons. The van der Waals surface area contributed by atoms with Crippen LogP contribution in [-0.4, -0.2) is 41.1 Å². The first-order valence-electron chi connectivity index (χ1n) is 9.07. The zero-order chi connectivity index (χ0) is 21.0. The van der Waals surface area contributed by atoms with E-state index in [4.69, 9.17) is 4.43 Å². The quantitative estimate of drug-likeness (QED) is 0.214. The number of halogens is 2. The standard InChI is InChI=1S/C19H32BrFN2O2SSi/c1-18(2,3)26(24)23-17(15-10-9-11-16(20)22-15)14(21)12-13-25-27(7,8)19(4,5)6/h9-11,14H,12-13H2,1-8H3. The second-order valence-corrected chi connectivity index (χ2v) is 16.6. The third-order valence-corrected chi connectivity index (χ3v) is 11.0. The molecular weight excluding hydrogens is 447 g/mol. The second kappa shape index (κ2) is 9.48. The van der Waals surface area contributed by atoms with Crippen molar-refractivity contribution in [1.29, 1.82) is 0 Å². The molecule has 0 saturated carbocycles. The van der Waals surface area contributed by atoms with Gasteiger partial charge in [0.15, 0.2) is 20.2 Å². The van der Waals surface area contributed by atoms with Crippen LogP contribution in [-0.2, 0) is 15.8 Å². The topological polar surface area (TPSA) is 57.5 Å². The van der Waals surface area contributed by atoms with Gasteiger partial charge in [0, 0.05) is 13.0 Å². The predicted molar refractivity (Wildman–Crippen MR) is 119 cm³/mol. The number of nitrogens with zero attached hydrogens (tertiary/aromatic N) is 2. The van der Waals surface area contributed by atoms with Crippen molar-refractivity contribution < 1.29 is 13.4 Å². The van der Waals surface area contributed by atoms with Gasteiger partial charge in [0.2, 0.25) is 0 Å². The van der Waals surface area contributed by atoms with Gasteiger partial charge in [-0.3, -0.25) is 0 Å². The largest absolute Gasteiger partial charge is 0.591 e. The van der Waals surface area contributed by atoms with Crippen LogP contribution in [0.5, 0.6) is 0 Å². The maximum atomic E-state index is 15.1. The van der Waals surface area contributed by atoms with Gasteiger partial charge in [-0.05, 0) is 67.0 Å². The summed E-state index contributed by atoms with van der Waals surface area (Å²) in [5.41, 5.74) is 0.505. The highest BCUT2D eigenvalue weighted by atomic mass is 79.9. The molecule has 1 aromatic rings. The summed E-state index contributed by atoms with van der Waals surface area (Å²) < 4.78 is 37.9. The number of aromatic nitrogens is 1. The summed E-state index contributed by atoms with van der Waals surface area (Å²) in [5.74, 6) is 0. The van der Waals surface area contributed by atoms with Crippen LogP contribution in [0.3, 0.4) is 0 Å². The maximum absolute atomic E-state index is 15.1. The van der Waals surface area contributed by atoms with Gasteiger partial charge in [-0.1, -0.05) is 31.2 Å². The van der Waals surface area contributed by atoms with E-state index in [1.54, 1.807) is 18.2 Å². The van der Waals surface area contributed by atoms with E-state index in [2.05, 4.69) is 59.2 Å². The minimum atomic E-state index is -1.95. The molecular formula is C19H32BrFN2O2SSi. The third kappa shape index (κ3) is 7.57. The molecule has 0 amide bonds. The average molecular weight is 480 g/mol. The van der Waals surface area contributed by atoms with Crippen molar-refractivity contribution in [2.24, 2.45) is 4.40 Å². The minimum Gasteiger partial charge on any atom is -0.591 e. The fourth-order valence-electron chi connectivity index (χ4n) is 1.81. The van der Waals surface area contributed by atoms with Gasteiger partial charge in [-0.15, -0.1) is 0 Å². The van der Waals surface area contributed by atoms with Crippen LogP contribution in [0.1, 0.15) is 53.7 Å². The zero-order valence-electron chi connectivity index (χ0n) is 17.6. The Labute approximate surface area is 176 Å². The van der Waals surface area contributed by atoms with Crippen molar-refractivity contribution in [2.45, 2.75) is 77.0 Å². The highest BCUT2D eigenvalue weighted by molar-refractivity contribution is 9.10. The zero-order valence-corrected chi connectivity index (χ0v) is 21.0. The smallest absolute Gasteiger partial charge is 0.191 e. The molecule has 1 aromatic heterocycles. The molecule has 4 nitrogen and oxygen atoms in total. The summed E-state index contributed by atoms with van der Waals surface area (Å²) >= 11 is 1.73. The molecule has 0 aliphatic rings. The molecule has 8 heteroatoms. The first kappa shape index (κ1) is 24.8. The lowest BCUT2D eigenvalue weighted by molar-refractivity contribution is 0.250. The van der Waals surface area contributed by atoms with Crippen molar-refractivity contribution in [1.82, 2.24) is 4.98 Å². The fraction of sp³-hybridized carbons (Fsp3) is 0.684. The molecule has 1 rings (SSSR count). The third-order valence-electron chi connectivity index (χ3n) is 4.62. The molecule has 0 fully saturated rings. The van der Waals surface area contributed by atoms with E-state index in [1.807, 2.05) is 20.8 Å². The molecule has 2 atom stereocenters. The van der Waals surface area contributed by atoms with Gasteiger partial charge in [0.1, 0.15) is 20.7 Å². The lowest BCUT2D eigenvalue weighted by Gasteiger charge is -2.36. The average Bonchev–Trinajstić information content (AvgIpc) is 2.49. The molecule has 0 aliphatic heterocycles. The van der Waals surface area contributed by atoms with Crippen molar-refractivity contribution in [3.8, 4) is 0 Å². The van der Waals surface area contributed by atoms with Crippen molar-refractivity contribution in [3.05, 3.63) is 28.5 Å². The van der Waals surface area contributed by atoms with Gasteiger partial charge in [0.05, 0.1) is 5.69 Å². The molecule has 2 unspecified atom stereocenters. The predicted octanol–water partition coefficient (Wildman–Crippen LogP) is 5.85. The lowest BCUT2D eigenvalue weighted by Crippen LogP contribution is -2.41. The second-order valence-electron chi connectivity index (χ2n) is 9.05. The summed E-state index contributed by atoms with van der Waals surface area (Å²) in [5, 5.41) is 0.0648. The Morgan fingerprint density at radius 3 is 2.37 bits per heavy atom.